The van der Waals surface area contributed by atoms with Crippen molar-refractivity contribution in [3.63, 3.8) is 0 Å². The lowest BCUT2D eigenvalue weighted by atomic mass is 9.31. The van der Waals surface area contributed by atoms with Gasteiger partial charge in [-0.1, -0.05) is 55.4 Å². The summed E-state index contributed by atoms with van der Waals surface area (Å²) in [6.07, 6.45) is 4.30. The van der Waals surface area contributed by atoms with Crippen molar-refractivity contribution in [3.8, 4) is 0 Å². The van der Waals surface area contributed by atoms with Gasteiger partial charge in [-0.3, -0.25) is 33.6 Å². The highest BCUT2D eigenvalue weighted by Crippen LogP contribution is 2.78. The molecule has 408 valence electrons. The van der Waals surface area contributed by atoms with Gasteiger partial charge in [0.1, 0.15) is 18.8 Å². The van der Waals surface area contributed by atoms with Crippen LogP contribution in [-0.4, -0.2) is 108 Å². The number of esters is 6. The van der Waals surface area contributed by atoms with Crippen LogP contribution in [0.3, 0.4) is 0 Å². The Bertz CT molecular complexity index is 2060. The van der Waals surface area contributed by atoms with Gasteiger partial charge in [0.2, 0.25) is 5.91 Å². The van der Waals surface area contributed by atoms with Crippen LogP contribution in [0.5, 0.6) is 0 Å². The molecule has 72 heavy (non-hydrogen) atoms. The predicted octanol–water partition coefficient (Wildman–Crippen LogP) is 8.00. The number of nitrogens with one attached hydrogen (secondary N) is 1. The first-order valence-corrected chi connectivity index (χ1v) is 26.9. The summed E-state index contributed by atoms with van der Waals surface area (Å²) in [6.45, 7) is 26.9. The van der Waals surface area contributed by atoms with E-state index in [1.807, 2.05) is 0 Å². The Morgan fingerprint density at radius 1 is 0.611 bits per heavy atom. The molecule has 16 heteroatoms. The predicted molar refractivity (Wildman–Crippen MR) is 264 cm³/mol. The van der Waals surface area contributed by atoms with Gasteiger partial charge < -0.3 is 43.6 Å². The van der Waals surface area contributed by atoms with Crippen LogP contribution in [0.25, 0.3) is 0 Å². The molecule has 0 aromatic carbocycles. The van der Waals surface area contributed by atoms with Crippen LogP contribution < -0.4 is 5.32 Å². The lowest BCUT2D eigenvalue weighted by Gasteiger charge is -2.73. The van der Waals surface area contributed by atoms with Gasteiger partial charge in [-0.15, -0.1) is 0 Å². The Kier molecular flexibility index (Phi) is 17.1. The number of fused-ring (bicyclic) bond motifs is 7. The Hall–Kier alpha value is -3.79. The number of rotatable bonds is 17. The van der Waals surface area contributed by atoms with Crippen molar-refractivity contribution in [2.75, 3.05) is 13.2 Å². The van der Waals surface area contributed by atoms with E-state index in [9.17, 15) is 38.7 Å². The maximum Gasteiger partial charge on any atom is 0.303 e. The number of ether oxygens (including phenoxy) is 7. The fourth-order valence-electron chi connectivity index (χ4n) is 17.9. The minimum absolute atomic E-state index is 0.180. The number of carbonyl (C=O) groups is 7. The van der Waals surface area contributed by atoms with Crippen molar-refractivity contribution < 1.29 is 71.8 Å². The molecule has 6 rings (SSSR count). The quantitative estimate of drug-likeness (QED) is 0.104. The largest absolute Gasteiger partial charge is 0.463 e. The number of carbonyl (C=O) groups excluding carboxylic acids is 7. The molecular formula is C56H89NO15. The third-order valence-electron chi connectivity index (χ3n) is 20.1. The molecule has 0 spiro atoms. The van der Waals surface area contributed by atoms with Gasteiger partial charge in [0, 0.05) is 48.5 Å². The molecule has 0 aliphatic heterocycles. The van der Waals surface area contributed by atoms with Gasteiger partial charge >= 0.3 is 35.8 Å². The first kappa shape index (κ1) is 57.5. The molecule has 0 saturated heterocycles. The Labute approximate surface area is 428 Å². The molecule has 6 saturated carbocycles. The van der Waals surface area contributed by atoms with Crippen LogP contribution in [0.1, 0.15) is 181 Å². The highest BCUT2D eigenvalue weighted by Gasteiger charge is 2.71. The summed E-state index contributed by atoms with van der Waals surface area (Å²) in [4.78, 5) is 88.5. The van der Waals surface area contributed by atoms with E-state index in [0.29, 0.717) is 40.9 Å². The molecule has 6 aliphatic rings. The second-order valence-corrected chi connectivity index (χ2v) is 25.3. The zero-order valence-corrected chi connectivity index (χ0v) is 46.1. The van der Waals surface area contributed by atoms with Crippen LogP contribution >= 0.6 is 0 Å². The summed E-state index contributed by atoms with van der Waals surface area (Å²) >= 11 is 0. The average molecular weight is 1020 g/mol. The van der Waals surface area contributed by atoms with Gasteiger partial charge in [0.05, 0.1) is 12.6 Å². The monoisotopic (exact) mass is 1020 g/mol. The Balaban J connectivity index is 1.24. The molecule has 0 radical (unpaired) electrons. The van der Waals surface area contributed by atoms with E-state index in [4.69, 9.17) is 33.2 Å². The summed E-state index contributed by atoms with van der Waals surface area (Å²) in [5, 5.41) is 15.0. The number of hydrogen-bond donors (Lipinski definition) is 2. The van der Waals surface area contributed by atoms with E-state index < -0.39 is 103 Å². The van der Waals surface area contributed by atoms with E-state index >= 15 is 0 Å². The smallest absolute Gasteiger partial charge is 0.303 e. The van der Waals surface area contributed by atoms with E-state index in [1.54, 1.807) is 0 Å². The SMILES string of the molecule is CC(=O)N[C@@H]1[C@@H](OC(C)=O)[C@H](OC(C)=O)[C@@](O)(COC(C)=O)[C@@H]1OCC(OC(C)=O)C(OC(C)=O)C(CCC(C)[C@H]1CC[C@]2(C)[C@H]3CC[C@@H]4[C@@]5(C)C[C@H](C)CC(C)(C)[C@@H]5CC[C@@]4(C)[C@]3(C)CC[C@@H]12)OC(C)=O. The first-order valence-electron chi connectivity index (χ1n) is 26.9. The average Bonchev–Trinajstić information content (AvgIpc) is 3.68. The molecular weight excluding hydrogens is 927 g/mol. The fourth-order valence-corrected chi connectivity index (χ4v) is 17.9. The number of hydrogen-bond acceptors (Lipinski definition) is 15. The van der Waals surface area contributed by atoms with Gasteiger partial charge in [0.15, 0.2) is 30.0 Å². The van der Waals surface area contributed by atoms with Crippen molar-refractivity contribution in [1.29, 1.82) is 0 Å². The van der Waals surface area contributed by atoms with E-state index in [-0.39, 0.29) is 28.6 Å². The molecule has 6 aliphatic carbocycles. The van der Waals surface area contributed by atoms with E-state index in [2.05, 4.69) is 60.7 Å². The minimum Gasteiger partial charge on any atom is -0.463 e. The topological polar surface area (TPSA) is 216 Å². The number of amides is 1. The zero-order chi connectivity index (χ0) is 53.7. The lowest BCUT2D eigenvalue weighted by Crippen LogP contribution is -2.66. The van der Waals surface area contributed by atoms with Crippen molar-refractivity contribution in [3.05, 3.63) is 0 Å². The van der Waals surface area contributed by atoms with Gasteiger partial charge in [0.25, 0.3) is 0 Å². The second-order valence-electron chi connectivity index (χ2n) is 25.3. The lowest BCUT2D eigenvalue weighted by molar-refractivity contribution is -0.245. The normalized spacial score (nSPS) is 40.2. The fraction of sp³-hybridized carbons (Fsp3) is 0.875. The highest BCUT2D eigenvalue weighted by molar-refractivity contribution is 5.74. The summed E-state index contributed by atoms with van der Waals surface area (Å²) in [7, 11) is 0. The van der Waals surface area contributed by atoms with Crippen molar-refractivity contribution in [1.82, 2.24) is 5.32 Å². The molecule has 6 fully saturated rings. The standard InChI is InChI=1S/C56H89NO15/c1-30-26-51(10,11)43-22-25-55(15)45(53(43,13)27-30)19-18-44-52(12)23-20-39(40(52)21-24-54(44,55)14)31(2)16-17-41(68-34(5)60)47(70-36(7)62)42(69-35(6)61)28-66-49-46(57-32(3)58)48(71-37(8)63)50(72-38(9)64)56(49,65)29-67-33(4)59/h30-31,39-50,65H,16-29H2,1-15H3,(H,57,58)/t30-,31?,39-,40+,41?,42?,43+,44-,45-,46-,47?,48-,49-,50+,52+,53+,54-,55-,56-/m1/s1. The first-order chi connectivity index (χ1) is 33.3. The van der Waals surface area contributed by atoms with Crippen LogP contribution in [-0.2, 0) is 66.7 Å². The second kappa shape index (κ2) is 21.4. The zero-order valence-electron chi connectivity index (χ0n) is 46.1. The third kappa shape index (κ3) is 11.0. The summed E-state index contributed by atoms with van der Waals surface area (Å²) in [5.41, 5.74) is -1.08. The van der Waals surface area contributed by atoms with Crippen LogP contribution in [0.15, 0.2) is 0 Å². The van der Waals surface area contributed by atoms with Crippen molar-refractivity contribution >= 4 is 41.7 Å². The molecule has 2 N–H and O–H groups in total. The maximum absolute atomic E-state index is 13.0. The summed E-state index contributed by atoms with van der Waals surface area (Å²) < 4.78 is 40.2. The summed E-state index contributed by atoms with van der Waals surface area (Å²) in [5.74, 6) is -1.50. The maximum atomic E-state index is 13.0. The molecule has 0 heterocycles. The molecule has 16 nitrogen and oxygen atoms in total. The van der Waals surface area contributed by atoms with Gasteiger partial charge in [-0.05, 0) is 146 Å². The Morgan fingerprint density at radius 2 is 1.18 bits per heavy atom. The van der Waals surface area contributed by atoms with Gasteiger partial charge in [-0.2, -0.15) is 0 Å². The Morgan fingerprint density at radius 3 is 1.74 bits per heavy atom. The van der Waals surface area contributed by atoms with Crippen LogP contribution in [0.4, 0.5) is 0 Å². The molecule has 19 atom stereocenters. The molecule has 0 aromatic heterocycles. The molecule has 1 amide bonds. The van der Waals surface area contributed by atoms with Crippen molar-refractivity contribution in [2.45, 2.75) is 229 Å². The molecule has 4 unspecified atom stereocenters. The highest BCUT2D eigenvalue weighted by atomic mass is 16.6. The van der Waals surface area contributed by atoms with Gasteiger partial charge in [-0.25, -0.2) is 0 Å². The molecule has 0 aromatic rings. The third-order valence-corrected chi connectivity index (χ3v) is 20.1. The van der Waals surface area contributed by atoms with E-state index in [0.717, 1.165) is 52.4 Å². The van der Waals surface area contributed by atoms with Crippen LogP contribution in [0.2, 0.25) is 0 Å². The van der Waals surface area contributed by atoms with Crippen LogP contribution in [0, 0.1) is 68.5 Å². The summed E-state index contributed by atoms with van der Waals surface area (Å²) in [6, 6.07) is -1.43. The number of aliphatic hydroxyl groups is 1. The van der Waals surface area contributed by atoms with E-state index in [1.165, 1.54) is 72.1 Å². The minimum atomic E-state index is -2.47. The molecule has 0 bridgehead atoms. The van der Waals surface area contributed by atoms with Crippen molar-refractivity contribution in [2.24, 2.45) is 68.5 Å².